The SMILES string of the molecule is CSc1ccc(-c2noc(-c3ccc(N)c(O)c3)n2)cc1. The van der Waals surface area contributed by atoms with E-state index < -0.39 is 0 Å². The number of anilines is 1. The maximum Gasteiger partial charge on any atom is 0.258 e. The molecule has 0 atom stereocenters. The van der Waals surface area contributed by atoms with E-state index in [1.54, 1.807) is 23.9 Å². The Morgan fingerprint density at radius 3 is 2.48 bits per heavy atom. The normalized spacial score (nSPS) is 10.7. The largest absolute Gasteiger partial charge is 0.506 e. The second kappa shape index (κ2) is 5.49. The van der Waals surface area contributed by atoms with E-state index in [4.69, 9.17) is 10.3 Å². The van der Waals surface area contributed by atoms with E-state index in [-0.39, 0.29) is 5.75 Å². The van der Waals surface area contributed by atoms with Gasteiger partial charge in [0.25, 0.3) is 5.89 Å². The van der Waals surface area contributed by atoms with E-state index in [0.29, 0.717) is 23.0 Å². The van der Waals surface area contributed by atoms with Crippen LogP contribution in [0.4, 0.5) is 5.69 Å². The molecule has 2 aromatic carbocycles. The van der Waals surface area contributed by atoms with Crippen molar-refractivity contribution in [2.75, 3.05) is 12.0 Å². The number of nitrogens with zero attached hydrogens (tertiary/aromatic N) is 2. The minimum absolute atomic E-state index is 0.00317. The number of thioether (sulfide) groups is 1. The number of nitrogen functional groups attached to an aromatic ring is 1. The van der Waals surface area contributed by atoms with E-state index >= 15 is 0 Å². The van der Waals surface area contributed by atoms with Crippen LogP contribution in [0, 0.1) is 0 Å². The summed E-state index contributed by atoms with van der Waals surface area (Å²) in [6, 6.07) is 12.7. The van der Waals surface area contributed by atoms with Gasteiger partial charge in [0.15, 0.2) is 0 Å². The number of nitrogens with two attached hydrogens (primary N) is 1. The van der Waals surface area contributed by atoms with Crippen LogP contribution in [0.15, 0.2) is 51.9 Å². The van der Waals surface area contributed by atoms with Gasteiger partial charge in [-0.15, -0.1) is 11.8 Å². The molecule has 0 aliphatic heterocycles. The van der Waals surface area contributed by atoms with E-state index in [9.17, 15) is 5.11 Å². The van der Waals surface area contributed by atoms with Crippen LogP contribution in [-0.2, 0) is 0 Å². The minimum atomic E-state index is -0.00317. The van der Waals surface area contributed by atoms with Gasteiger partial charge in [-0.2, -0.15) is 4.98 Å². The molecule has 21 heavy (non-hydrogen) atoms. The van der Waals surface area contributed by atoms with Gasteiger partial charge in [0, 0.05) is 16.0 Å². The van der Waals surface area contributed by atoms with Crippen molar-refractivity contribution >= 4 is 17.4 Å². The summed E-state index contributed by atoms with van der Waals surface area (Å²) in [5.74, 6) is 0.847. The van der Waals surface area contributed by atoms with Gasteiger partial charge in [0.05, 0.1) is 5.69 Å². The van der Waals surface area contributed by atoms with Crippen LogP contribution >= 0.6 is 11.8 Å². The van der Waals surface area contributed by atoms with Crippen molar-refractivity contribution in [3.05, 3.63) is 42.5 Å². The summed E-state index contributed by atoms with van der Waals surface area (Å²) in [7, 11) is 0. The van der Waals surface area contributed by atoms with Crippen molar-refractivity contribution in [1.82, 2.24) is 10.1 Å². The highest BCUT2D eigenvalue weighted by atomic mass is 32.2. The predicted molar refractivity (Wildman–Crippen MR) is 83.0 cm³/mol. The number of hydrogen-bond donors (Lipinski definition) is 2. The maximum absolute atomic E-state index is 9.63. The zero-order valence-electron chi connectivity index (χ0n) is 11.3. The zero-order chi connectivity index (χ0) is 14.8. The zero-order valence-corrected chi connectivity index (χ0v) is 12.1. The molecule has 3 N–H and O–H groups in total. The third kappa shape index (κ3) is 2.71. The van der Waals surface area contributed by atoms with E-state index in [1.165, 1.54) is 11.0 Å². The highest BCUT2D eigenvalue weighted by molar-refractivity contribution is 7.98. The summed E-state index contributed by atoms with van der Waals surface area (Å²) < 4.78 is 5.24. The Labute approximate surface area is 125 Å². The fourth-order valence-corrected chi connectivity index (χ4v) is 2.28. The van der Waals surface area contributed by atoms with Crippen molar-refractivity contribution in [3.63, 3.8) is 0 Å². The fourth-order valence-electron chi connectivity index (χ4n) is 1.87. The number of hydrogen-bond acceptors (Lipinski definition) is 6. The van der Waals surface area contributed by atoms with E-state index in [0.717, 1.165) is 5.56 Å². The first-order chi connectivity index (χ1) is 10.2. The van der Waals surface area contributed by atoms with Crippen molar-refractivity contribution in [3.8, 4) is 28.6 Å². The second-order valence-corrected chi connectivity index (χ2v) is 5.30. The molecule has 0 bridgehead atoms. The van der Waals surface area contributed by atoms with Crippen molar-refractivity contribution in [2.24, 2.45) is 0 Å². The molecule has 0 saturated heterocycles. The molecule has 0 spiro atoms. The van der Waals surface area contributed by atoms with Gasteiger partial charge in [-0.3, -0.25) is 0 Å². The van der Waals surface area contributed by atoms with Crippen molar-refractivity contribution < 1.29 is 9.63 Å². The van der Waals surface area contributed by atoms with Gasteiger partial charge in [0.1, 0.15) is 5.75 Å². The second-order valence-electron chi connectivity index (χ2n) is 4.43. The summed E-state index contributed by atoms with van der Waals surface area (Å²) in [5.41, 5.74) is 7.39. The first-order valence-electron chi connectivity index (χ1n) is 6.24. The standard InChI is InChI=1S/C15H13N3O2S/c1-21-11-5-2-9(3-6-11)14-17-15(20-18-14)10-4-7-12(16)13(19)8-10/h2-8,19H,16H2,1H3. The van der Waals surface area contributed by atoms with Crippen molar-refractivity contribution in [2.45, 2.75) is 4.90 Å². The number of phenols is 1. The number of rotatable bonds is 3. The van der Waals surface area contributed by atoms with Gasteiger partial charge in [-0.05, 0) is 48.7 Å². The van der Waals surface area contributed by atoms with Crippen LogP contribution in [0.3, 0.4) is 0 Å². The van der Waals surface area contributed by atoms with E-state index in [2.05, 4.69) is 10.1 Å². The maximum atomic E-state index is 9.63. The van der Waals surface area contributed by atoms with Crippen molar-refractivity contribution in [1.29, 1.82) is 0 Å². The molecule has 1 heterocycles. The summed E-state index contributed by atoms with van der Waals surface area (Å²) in [6.07, 6.45) is 2.02. The Balaban J connectivity index is 1.93. The van der Waals surface area contributed by atoms with E-state index in [1.807, 2.05) is 30.5 Å². The molecule has 3 aromatic rings. The quantitative estimate of drug-likeness (QED) is 0.438. The molecule has 0 aliphatic carbocycles. The summed E-state index contributed by atoms with van der Waals surface area (Å²) in [4.78, 5) is 5.51. The summed E-state index contributed by atoms with van der Waals surface area (Å²) in [5, 5.41) is 13.6. The lowest BCUT2D eigenvalue weighted by Crippen LogP contribution is -1.86. The number of aromatic hydroxyl groups is 1. The molecule has 3 rings (SSSR count). The first kappa shape index (κ1) is 13.5. The van der Waals surface area contributed by atoms with Crippen LogP contribution in [-0.4, -0.2) is 21.5 Å². The molecule has 1 aromatic heterocycles. The molecule has 5 nitrogen and oxygen atoms in total. The number of benzene rings is 2. The Morgan fingerprint density at radius 1 is 1.10 bits per heavy atom. The van der Waals surface area contributed by atoms with Crippen LogP contribution < -0.4 is 5.73 Å². The predicted octanol–water partition coefficient (Wildman–Crippen LogP) is 3.41. The highest BCUT2D eigenvalue weighted by Crippen LogP contribution is 2.28. The summed E-state index contributed by atoms with van der Waals surface area (Å²) >= 11 is 1.67. The Bertz CT molecular complexity index is 769. The van der Waals surface area contributed by atoms with Gasteiger partial charge in [-0.1, -0.05) is 5.16 Å². The molecule has 0 amide bonds. The molecule has 0 fully saturated rings. The Hall–Kier alpha value is -2.47. The topological polar surface area (TPSA) is 85.2 Å². The molecular formula is C15H13N3O2S. The average molecular weight is 299 g/mol. The minimum Gasteiger partial charge on any atom is -0.506 e. The molecule has 6 heteroatoms. The lowest BCUT2D eigenvalue weighted by Gasteiger charge is -1.99. The van der Waals surface area contributed by atoms with Crippen LogP contribution in [0.1, 0.15) is 0 Å². The average Bonchev–Trinajstić information content (AvgIpc) is 3.00. The highest BCUT2D eigenvalue weighted by Gasteiger charge is 2.11. The van der Waals surface area contributed by atoms with Crippen LogP contribution in [0.5, 0.6) is 5.75 Å². The Kier molecular flexibility index (Phi) is 3.53. The smallest absolute Gasteiger partial charge is 0.258 e. The van der Waals surface area contributed by atoms with Gasteiger partial charge in [-0.25, -0.2) is 0 Å². The third-order valence-electron chi connectivity index (χ3n) is 3.05. The van der Waals surface area contributed by atoms with Gasteiger partial charge >= 0.3 is 0 Å². The number of aromatic nitrogens is 2. The van der Waals surface area contributed by atoms with Gasteiger partial charge in [0.2, 0.25) is 5.82 Å². The monoisotopic (exact) mass is 299 g/mol. The number of phenolic OH excluding ortho intramolecular Hbond substituents is 1. The first-order valence-corrected chi connectivity index (χ1v) is 7.47. The molecular weight excluding hydrogens is 286 g/mol. The third-order valence-corrected chi connectivity index (χ3v) is 3.80. The lowest BCUT2D eigenvalue weighted by atomic mass is 10.2. The molecule has 0 aliphatic rings. The lowest BCUT2D eigenvalue weighted by molar-refractivity contribution is 0.431. The van der Waals surface area contributed by atoms with Gasteiger partial charge < -0.3 is 15.4 Å². The van der Waals surface area contributed by atoms with Crippen LogP contribution in [0.2, 0.25) is 0 Å². The fraction of sp³-hybridized carbons (Fsp3) is 0.0667. The molecule has 0 saturated carbocycles. The summed E-state index contributed by atoms with van der Waals surface area (Å²) in [6.45, 7) is 0. The van der Waals surface area contributed by atoms with Crippen LogP contribution in [0.25, 0.3) is 22.8 Å². The molecule has 106 valence electrons. The molecule has 0 radical (unpaired) electrons. The molecule has 0 unspecified atom stereocenters. The Morgan fingerprint density at radius 2 is 1.81 bits per heavy atom.